The molecule has 2 N–H and O–H groups in total. The van der Waals surface area contributed by atoms with Gasteiger partial charge in [0.2, 0.25) is 5.91 Å². The maximum absolute atomic E-state index is 13.7. The minimum absolute atomic E-state index is 0.0268. The lowest BCUT2D eigenvalue weighted by molar-refractivity contribution is -0.137. The predicted molar refractivity (Wildman–Crippen MR) is 75.0 cm³/mol. The van der Waals surface area contributed by atoms with Crippen molar-refractivity contribution in [1.82, 2.24) is 15.1 Å². The van der Waals surface area contributed by atoms with Gasteiger partial charge in [0, 0.05) is 31.4 Å². The standard InChI is InChI=1S/C14H14F4N4O/c1-19-13(23)8-22-5-4-12(21-22)20-7-9-2-3-10(6-11(9)15)14(16,17)18/h2-6H,7-8H2,1H3,(H,19,23)(H,20,21). The molecular formula is C14H14F4N4O. The molecule has 0 aliphatic carbocycles. The zero-order chi connectivity index (χ0) is 17.0. The van der Waals surface area contributed by atoms with E-state index in [0.717, 1.165) is 12.1 Å². The Hall–Kier alpha value is -2.58. The molecule has 0 fully saturated rings. The van der Waals surface area contributed by atoms with Crippen molar-refractivity contribution in [2.75, 3.05) is 12.4 Å². The number of hydrogen-bond donors (Lipinski definition) is 2. The van der Waals surface area contributed by atoms with E-state index in [4.69, 9.17) is 0 Å². The molecule has 1 amide bonds. The highest BCUT2D eigenvalue weighted by Gasteiger charge is 2.31. The van der Waals surface area contributed by atoms with Gasteiger partial charge in [0.25, 0.3) is 0 Å². The molecule has 0 unspecified atom stereocenters. The molecule has 1 aromatic carbocycles. The van der Waals surface area contributed by atoms with Crippen LogP contribution in [0.1, 0.15) is 11.1 Å². The topological polar surface area (TPSA) is 59.0 Å². The zero-order valence-electron chi connectivity index (χ0n) is 12.1. The second-order valence-corrected chi connectivity index (χ2v) is 4.73. The summed E-state index contributed by atoms with van der Waals surface area (Å²) >= 11 is 0. The first-order valence-corrected chi connectivity index (χ1v) is 6.63. The fraction of sp³-hybridized carbons (Fsp3) is 0.286. The summed E-state index contributed by atoms with van der Waals surface area (Å²) in [6, 6.07) is 3.93. The molecule has 0 radical (unpaired) electrons. The number of benzene rings is 1. The van der Waals surface area contributed by atoms with Crippen LogP contribution in [-0.2, 0) is 24.1 Å². The third-order valence-corrected chi connectivity index (χ3v) is 3.07. The molecule has 23 heavy (non-hydrogen) atoms. The molecule has 1 heterocycles. The van der Waals surface area contributed by atoms with Crippen LogP contribution in [0.5, 0.6) is 0 Å². The van der Waals surface area contributed by atoms with E-state index in [-0.39, 0.29) is 24.6 Å². The van der Waals surface area contributed by atoms with Crippen LogP contribution in [0.15, 0.2) is 30.5 Å². The number of aromatic nitrogens is 2. The molecule has 2 rings (SSSR count). The number of nitrogens with zero attached hydrogens (tertiary/aromatic N) is 2. The highest BCUT2D eigenvalue weighted by Crippen LogP contribution is 2.30. The van der Waals surface area contributed by atoms with Gasteiger partial charge in [-0.1, -0.05) is 6.07 Å². The van der Waals surface area contributed by atoms with Crippen molar-refractivity contribution in [1.29, 1.82) is 0 Å². The molecule has 1 aromatic heterocycles. The number of alkyl halides is 3. The Labute approximate surface area is 129 Å². The Morgan fingerprint density at radius 2 is 2.04 bits per heavy atom. The lowest BCUT2D eigenvalue weighted by atomic mass is 10.1. The number of likely N-dealkylation sites (N-methyl/N-ethyl adjacent to an activating group) is 1. The Morgan fingerprint density at radius 3 is 2.65 bits per heavy atom. The van der Waals surface area contributed by atoms with E-state index in [1.165, 1.54) is 11.7 Å². The van der Waals surface area contributed by atoms with Gasteiger partial charge in [-0.2, -0.15) is 18.3 Å². The van der Waals surface area contributed by atoms with E-state index < -0.39 is 17.6 Å². The maximum Gasteiger partial charge on any atom is 0.416 e. The molecule has 124 valence electrons. The van der Waals surface area contributed by atoms with Crippen LogP contribution in [0.3, 0.4) is 0 Å². The SMILES string of the molecule is CNC(=O)Cn1ccc(NCc2ccc(C(F)(F)F)cc2F)n1. The normalized spacial score (nSPS) is 11.3. The average Bonchev–Trinajstić information content (AvgIpc) is 2.92. The minimum Gasteiger partial charge on any atom is -0.364 e. The quantitative estimate of drug-likeness (QED) is 0.828. The van der Waals surface area contributed by atoms with Crippen LogP contribution in [0.2, 0.25) is 0 Å². The van der Waals surface area contributed by atoms with Crippen molar-refractivity contribution < 1.29 is 22.4 Å². The number of hydrogen-bond acceptors (Lipinski definition) is 3. The molecule has 0 atom stereocenters. The highest BCUT2D eigenvalue weighted by atomic mass is 19.4. The van der Waals surface area contributed by atoms with Crippen molar-refractivity contribution in [3.8, 4) is 0 Å². The fourth-order valence-corrected chi connectivity index (χ4v) is 1.82. The molecule has 0 spiro atoms. The summed E-state index contributed by atoms with van der Waals surface area (Å²) in [6.07, 6.45) is -3.02. The first-order valence-electron chi connectivity index (χ1n) is 6.63. The third-order valence-electron chi connectivity index (χ3n) is 3.07. The van der Waals surface area contributed by atoms with Gasteiger partial charge < -0.3 is 10.6 Å². The van der Waals surface area contributed by atoms with Gasteiger partial charge >= 0.3 is 6.18 Å². The largest absolute Gasteiger partial charge is 0.416 e. The molecule has 0 aliphatic heterocycles. The number of anilines is 1. The monoisotopic (exact) mass is 330 g/mol. The van der Waals surface area contributed by atoms with E-state index in [2.05, 4.69) is 15.7 Å². The summed E-state index contributed by atoms with van der Waals surface area (Å²) in [5.41, 5.74) is -0.951. The Balaban J connectivity index is 2.00. The predicted octanol–water partition coefficient (Wildman–Crippen LogP) is 2.40. The van der Waals surface area contributed by atoms with E-state index in [1.807, 2.05) is 0 Å². The number of carbonyl (C=O) groups excluding carboxylic acids is 1. The fourth-order valence-electron chi connectivity index (χ4n) is 1.82. The van der Waals surface area contributed by atoms with Crippen molar-refractivity contribution in [3.05, 3.63) is 47.4 Å². The van der Waals surface area contributed by atoms with E-state index in [0.29, 0.717) is 11.9 Å². The number of nitrogens with one attached hydrogen (secondary N) is 2. The third kappa shape index (κ3) is 4.44. The van der Waals surface area contributed by atoms with Crippen molar-refractivity contribution in [2.45, 2.75) is 19.3 Å². The van der Waals surface area contributed by atoms with Crippen molar-refractivity contribution in [2.24, 2.45) is 0 Å². The molecule has 0 saturated carbocycles. The average molecular weight is 330 g/mol. The Bertz CT molecular complexity index is 696. The second-order valence-electron chi connectivity index (χ2n) is 4.73. The van der Waals surface area contributed by atoms with Crippen LogP contribution in [0.25, 0.3) is 0 Å². The van der Waals surface area contributed by atoms with Gasteiger partial charge in [0.1, 0.15) is 18.2 Å². The van der Waals surface area contributed by atoms with E-state index >= 15 is 0 Å². The molecule has 5 nitrogen and oxygen atoms in total. The smallest absolute Gasteiger partial charge is 0.364 e. The van der Waals surface area contributed by atoms with Crippen molar-refractivity contribution >= 4 is 11.7 Å². The summed E-state index contributed by atoms with van der Waals surface area (Å²) in [4.78, 5) is 11.2. The number of amides is 1. The summed E-state index contributed by atoms with van der Waals surface area (Å²) in [6.45, 7) is 0.00772. The van der Waals surface area contributed by atoms with Crippen LogP contribution < -0.4 is 10.6 Å². The van der Waals surface area contributed by atoms with Crippen LogP contribution in [-0.4, -0.2) is 22.7 Å². The Morgan fingerprint density at radius 1 is 1.30 bits per heavy atom. The van der Waals surface area contributed by atoms with Gasteiger partial charge in [-0.15, -0.1) is 0 Å². The summed E-state index contributed by atoms with van der Waals surface area (Å²) in [5.74, 6) is -0.793. The molecule has 0 aliphatic rings. The van der Waals surface area contributed by atoms with Gasteiger partial charge in [0.15, 0.2) is 0 Å². The number of carbonyl (C=O) groups is 1. The molecule has 2 aromatic rings. The van der Waals surface area contributed by atoms with Gasteiger partial charge in [-0.3, -0.25) is 9.48 Å². The molecule has 0 saturated heterocycles. The maximum atomic E-state index is 13.7. The lowest BCUT2D eigenvalue weighted by Gasteiger charge is -2.09. The molecular weight excluding hydrogens is 316 g/mol. The van der Waals surface area contributed by atoms with E-state index in [1.54, 1.807) is 12.3 Å². The lowest BCUT2D eigenvalue weighted by Crippen LogP contribution is -2.23. The van der Waals surface area contributed by atoms with Crippen molar-refractivity contribution in [3.63, 3.8) is 0 Å². The summed E-state index contributed by atoms with van der Waals surface area (Å²) in [5, 5.41) is 9.27. The van der Waals surface area contributed by atoms with Crippen LogP contribution in [0.4, 0.5) is 23.4 Å². The summed E-state index contributed by atoms with van der Waals surface area (Å²) in [7, 11) is 1.50. The molecule has 9 heteroatoms. The summed E-state index contributed by atoms with van der Waals surface area (Å²) < 4.78 is 52.4. The van der Waals surface area contributed by atoms with E-state index in [9.17, 15) is 22.4 Å². The van der Waals surface area contributed by atoms with Gasteiger partial charge in [-0.25, -0.2) is 4.39 Å². The highest BCUT2D eigenvalue weighted by molar-refractivity contribution is 5.75. The number of rotatable bonds is 5. The van der Waals surface area contributed by atoms with Crippen LogP contribution in [0, 0.1) is 5.82 Å². The number of halogens is 4. The second kappa shape index (κ2) is 6.67. The first-order chi connectivity index (χ1) is 10.8. The van der Waals surface area contributed by atoms with Crippen LogP contribution >= 0.6 is 0 Å². The molecule has 0 bridgehead atoms. The minimum atomic E-state index is -4.58. The Kier molecular flexibility index (Phi) is 4.87. The first kappa shape index (κ1) is 16.8. The zero-order valence-corrected chi connectivity index (χ0v) is 12.1. The van der Waals surface area contributed by atoms with Gasteiger partial charge in [-0.05, 0) is 12.1 Å². The van der Waals surface area contributed by atoms with Gasteiger partial charge in [0.05, 0.1) is 5.56 Å².